The smallest absolute Gasteiger partial charge is 0.337 e. The summed E-state index contributed by atoms with van der Waals surface area (Å²) in [6.07, 6.45) is -0.450. The van der Waals surface area contributed by atoms with Gasteiger partial charge in [-0.2, -0.15) is 0 Å². The minimum absolute atomic E-state index is 0.0812. The molecule has 0 aromatic heterocycles. The predicted octanol–water partition coefficient (Wildman–Crippen LogP) is 6.44. The van der Waals surface area contributed by atoms with Crippen LogP contribution in [-0.2, 0) is 52.5 Å². The van der Waals surface area contributed by atoms with E-state index in [0.717, 1.165) is 5.57 Å². The van der Waals surface area contributed by atoms with Gasteiger partial charge in [-0.1, -0.05) is 39.3 Å². The van der Waals surface area contributed by atoms with Gasteiger partial charge in [0, 0.05) is 56.4 Å². The third kappa shape index (κ3) is 8.25. The van der Waals surface area contributed by atoms with E-state index in [9.17, 15) is 39.0 Å². The van der Waals surface area contributed by atoms with Crippen LogP contribution in [0, 0.1) is 45.3 Å². The maximum Gasteiger partial charge on any atom is 0.337 e. The fourth-order valence-electron chi connectivity index (χ4n) is 11.5. The van der Waals surface area contributed by atoms with Gasteiger partial charge in [0.05, 0.1) is 11.5 Å². The molecule has 4 aliphatic rings. The Kier molecular flexibility index (Phi) is 13.2. The molecule has 0 saturated heterocycles. The number of ketones is 1. The average Bonchev–Trinajstić information content (AvgIpc) is 3.26. The number of aliphatic hydroxyl groups excluding tert-OH is 1. The van der Waals surface area contributed by atoms with Gasteiger partial charge in [0.2, 0.25) is 6.79 Å². The van der Waals surface area contributed by atoms with E-state index in [4.69, 9.17) is 23.7 Å². The Morgan fingerprint density at radius 3 is 1.98 bits per heavy atom. The maximum absolute atomic E-state index is 14.3. The molecule has 0 radical (unpaired) electrons. The number of rotatable bonds is 10. The molecular formula is C43H63BrO13. The number of allylic oxidation sites excluding steroid dienone is 2. The fraction of sp³-hybridized carbons (Fsp3) is 0.767. The van der Waals surface area contributed by atoms with Crippen LogP contribution in [0.1, 0.15) is 129 Å². The number of hydrogen-bond acceptors (Lipinski definition) is 13. The number of carbonyl (C=O) groups excluding carboxylic acids is 6. The minimum Gasteiger partial charge on any atom is -0.462 e. The van der Waals surface area contributed by atoms with E-state index in [2.05, 4.69) is 15.9 Å². The number of alkyl halides is 1. The molecule has 0 aromatic carbocycles. The van der Waals surface area contributed by atoms with Crippen molar-refractivity contribution in [1.29, 1.82) is 0 Å². The molecule has 4 aliphatic carbocycles. The van der Waals surface area contributed by atoms with E-state index < -0.39 is 116 Å². The second-order valence-electron chi connectivity index (χ2n) is 18.9. The number of halogens is 1. The highest BCUT2D eigenvalue weighted by Crippen LogP contribution is 2.77. The molecule has 13 nitrogen and oxygen atoms in total. The van der Waals surface area contributed by atoms with Crippen LogP contribution in [0.2, 0.25) is 0 Å². The largest absolute Gasteiger partial charge is 0.462 e. The van der Waals surface area contributed by atoms with Gasteiger partial charge in [0.25, 0.3) is 0 Å². The third-order valence-corrected chi connectivity index (χ3v) is 14.8. The molecule has 4 rings (SSSR count). The zero-order valence-corrected chi connectivity index (χ0v) is 37.4. The first kappa shape index (κ1) is 46.6. The molecule has 0 aliphatic heterocycles. The lowest BCUT2D eigenvalue weighted by atomic mass is 9.34. The second kappa shape index (κ2) is 16.2. The molecule has 0 amide bonds. The highest BCUT2D eigenvalue weighted by molar-refractivity contribution is 9.10. The Morgan fingerprint density at radius 1 is 0.877 bits per heavy atom. The monoisotopic (exact) mass is 866 g/mol. The van der Waals surface area contributed by atoms with Gasteiger partial charge in [0.1, 0.15) is 17.8 Å². The number of Topliss-reactive ketones (excluding diaryl/α,β-unsaturated/α-hetero) is 1. The summed E-state index contributed by atoms with van der Waals surface area (Å²) in [4.78, 5) is 78.7. The predicted molar refractivity (Wildman–Crippen MR) is 211 cm³/mol. The number of ether oxygens (including phenoxy) is 5. The molecule has 14 heteroatoms. The molecule has 320 valence electrons. The summed E-state index contributed by atoms with van der Waals surface area (Å²) in [5.41, 5.74) is -4.22. The number of aliphatic hydroxyl groups is 2. The highest BCUT2D eigenvalue weighted by atomic mass is 79.9. The van der Waals surface area contributed by atoms with Crippen molar-refractivity contribution in [3.8, 4) is 0 Å². The van der Waals surface area contributed by atoms with Crippen molar-refractivity contribution in [2.24, 2.45) is 45.3 Å². The van der Waals surface area contributed by atoms with Crippen LogP contribution >= 0.6 is 15.9 Å². The standard InChI is InChI=1S/C43H63BrO13/c1-22(2)15-14-16-28(36(50)53-21-54-37(51)38(8,9)10)34-29-17-30(49)35-39(11,40(29,12)20-43(34,44)57-27(7)48)18-31(55-25(5)46)33-23(3)42(52,24(4)45)19-32(41(33,35)13)56-26(6)47/h15,23,29-33,35,49,52H,14,16-21H2,1-13H3/t23-,29+,30+,31?,32?,33?,35-,39-,40-,41-,42+,43-/m0/s1. The van der Waals surface area contributed by atoms with Gasteiger partial charge >= 0.3 is 29.8 Å². The van der Waals surface area contributed by atoms with Crippen LogP contribution in [-0.4, -0.2) is 81.1 Å². The summed E-state index contributed by atoms with van der Waals surface area (Å²) in [7, 11) is 0. The first-order valence-corrected chi connectivity index (χ1v) is 20.7. The van der Waals surface area contributed by atoms with Crippen molar-refractivity contribution >= 4 is 51.6 Å². The molecule has 12 atom stereocenters. The van der Waals surface area contributed by atoms with E-state index in [0.29, 0.717) is 12.0 Å². The molecule has 0 heterocycles. The van der Waals surface area contributed by atoms with Crippen molar-refractivity contribution in [3.05, 3.63) is 22.8 Å². The zero-order valence-electron chi connectivity index (χ0n) is 35.8. The fourth-order valence-corrected chi connectivity index (χ4v) is 12.8. The molecule has 0 bridgehead atoms. The Bertz CT molecular complexity index is 1720. The summed E-state index contributed by atoms with van der Waals surface area (Å²) in [5, 5.41) is 24.7. The van der Waals surface area contributed by atoms with Gasteiger partial charge in [-0.3, -0.25) is 24.0 Å². The van der Waals surface area contributed by atoms with Crippen LogP contribution in [0.4, 0.5) is 0 Å². The van der Waals surface area contributed by atoms with E-state index in [-0.39, 0.29) is 37.7 Å². The van der Waals surface area contributed by atoms with Crippen LogP contribution in [0.15, 0.2) is 22.8 Å². The molecule has 4 saturated carbocycles. The van der Waals surface area contributed by atoms with E-state index in [1.165, 1.54) is 27.7 Å². The maximum atomic E-state index is 14.3. The molecule has 57 heavy (non-hydrogen) atoms. The van der Waals surface area contributed by atoms with Crippen molar-refractivity contribution in [1.82, 2.24) is 0 Å². The lowest BCUT2D eigenvalue weighted by molar-refractivity contribution is -0.301. The molecule has 3 unspecified atom stereocenters. The van der Waals surface area contributed by atoms with Crippen LogP contribution in [0.5, 0.6) is 0 Å². The Hall–Kier alpha value is -3.10. The summed E-state index contributed by atoms with van der Waals surface area (Å²) in [6, 6.07) is 0. The van der Waals surface area contributed by atoms with Crippen molar-refractivity contribution < 1.29 is 62.7 Å². The molecular weight excluding hydrogens is 804 g/mol. The van der Waals surface area contributed by atoms with Crippen LogP contribution in [0.25, 0.3) is 0 Å². The number of esters is 5. The van der Waals surface area contributed by atoms with Crippen LogP contribution < -0.4 is 0 Å². The van der Waals surface area contributed by atoms with E-state index in [1.807, 2.05) is 40.7 Å². The molecule has 2 N–H and O–H groups in total. The molecule has 0 spiro atoms. The lowest BCUT2D eigenvalue weighted by Gasteiger charge is -2.71. The van der Waals surface area contributed by atoms with Gasteiger partial charge in [0.15, 0.2) is 10.3 Å². The Labute approximate surface area is 345 Å². The lowest BCUT2D eigenvalue weighted by Crippen LogP contribution is -2.75. The zero-order chi connectivity index (χ0) is 43.4. The normalized spacial score (nSPS) is 39.3. The van der Waals surface area contributed by atoms with Gasteiger partial charge < -0.3 is 33.9 Å². The second-order valence-corrected chi connectivity index (χ2v) is 20.2. The summed E-state index contributed by atoms with van der Waals surface area (Å²) >= 11 is 3.81. The Morgan fingerprint density at radius 2 is 1.47 bits per heavy atom. The van der Waals surface area contributed by atoms with Gasteiger partial charge in [-0.25, -0.2) is 4.79 Å². The summed E-state index contributed by atoms with van der Waals surface area (Å²) in [6.45, 7) is 20.9. The van der Waals surface area contributed by atoms with Crippen LogP contribution in [0.3, 0.4) is 0 Å². The average molecular weight is 868 g/mol. The SMILES string of the molecule is CC(=O)OC1C[C@@]2(C)[C@H]([C@H](O)C[C@@H]3C(=C(CCC=C(C)C)C(=O)OCOC(=O)C(C)(C)C)[C@@](Br)(OC(C)=O)C[C@@]32C)[C@@]2(C)C(OC(C)=O)C[C@](O)(C(C)=O)[C@@H](C)C12. The Balaban J connectivity index is 2.00. The molecule has 4 fully saturated rings. The number of hydrogen-bond donors (Lipinski definition) is 2. The highest BCUT2D eigenvalue weighted by Gasteiger charge is 2.78. The minimum atomic E-state index is -1.92. The van der Waals surface area contributed by atoms with Crippen molar-refractivity contribution in [3.63, 3.8) is 0 Å². The van der Waals surface area contributed by atoms with Gasteiger partial charge in [-0.15, -0.1) is 0 Å². The van der Waals surface area contributed by atoms with Gasteiger partial charge in [-0.05, 0) is 111 Å². The quantitative estimate of drug-likeness (QED) is 0.0611. The first-order valence-electron chi connectivity index (χ1n) is 19.9. The first-order chi connectivity index (χ1) is 26.0. The molecule has 0 aromatic rings. The van der Waals surface area contributed by atoms with E-state index in [1.54, 1.807) is 27.7 Å². The number of fused-ring (bicyclic) bond motifs is 5. The number of carbonyl (C=O) groups is 6. The summed E-state index contributed by atoms with van der Waals surface area (Å²) in [5.74, 6) is -6.55. The topological polar surface area (TPSA) is 189 Å². The van der Waals surface area contributed by atoms with Crippen molar-refractivity contribution in [2.75, 3.05) is 6.79 Å². The third-order valence-electron chi connectivity index (χ3n) is 13.9. The van der Waals surface area contributed by atoms with E-state index >= 15 is 0 Å². The summed E-state index contributed by atoms with van der Waals surface area (Å²) < 4.78 is 27.7. The van der Waals surface area contributed by atoms with Crippen molar-refractivity contribution in [2.45, 2.75) is 157 Å².